The Bertz CT molecular complexity index is 185. The van der Waals surface area contributed by atoms with Crippen LogP contribution >= 0.6 is 22.5 Å². The van der Waals surface area contributed by atoms with E-state index < -0.39 is 0 Å². The van der Waals surface area contributed by atoms with Crippen LogP contribution in [-0.2, 0) is 0 Å². The van der Waals surface area contributed by atoms with Crippen LogP contribution in [0.25, 0.3) is 0 Å². The molecule has 48 valence electrons. The number of aromatic nitrogens is 2. The smallest absolute Gasteiger partial charge is 0.198 e. The van der Waals surface area contributed by atoms with Gasteiger partial charge in [-0.15, -0.1) is 11.7 Å². The van der Waals surface area contributed by atoms with Crippen molar-refractivity contribution >= 4 is 22.5 Å². The van der Waals surface area contributed by atoms with E-state index >= 15 is 0 Å². The highest BCUT2D eigenvalue weighted by molar-refractivity contribution is 8.68. The molecule has 1 heterocycles. The van der Waals surface area contributed by atoms with Crippen LogP contribution in [0.4, 0.5) is 0 Å². The zero-order chi connectivity index (χ0) is 6.69. The summed E-state index contributed by atoms with van der Waals surface area (Å²) in [5.41, 5.74) is 1.07. The Hall–Kier alpha value is -0.220. The first-order chi connectivity index (χ1) is 4.33. The van der Waals surface area contributed by atoms with Crippen molar-refractivity contribution in [2.24, 2.45) is 0 Å². The molecule has 0 N–H and O–H groups in total. The van der Waals surface area contributed by atoms with E-state index in [1.54, 1.807) is 12.4 Å². The highest BCUT2D eigenvalue weighted by Gasteiger charge is 1.89. The molecule has 0 aromatic carbocycles. The van der Waals surface area contributed by atoms with Crippen LogP contribution in [0.1, 0.15) is 5.56 Å². The molecular weight excluding hydrogens is 152 g/mol. The number of hydrogen-bond donors (Lipinski definition) is 1. The summed E-state index contributed by atoms with van der Waals surface area (Å²) < 4.78 is 0. The average Bonchev–Trinajstić information content (AvgIpc) is 1.90. The van der Waals surface area contributed by atoms with Gasteiger partial charge in [0.2, 0.25) is 0 Å². The third-order valence-corrected chi connectivity index (χ3v) is 1.70. The second-order valence-corrected chi connectivity index (χ2v) is 2.73. The van der Waals surface area contributed by atoms with Crippen LogP contribution in [-0.4, -0.2) is 9.97 Å². The van der Waals surface area contributed by atoms with Crippen LogP contribution in [0.15, 0.2) is 17.6 Å². The molecule has 0 aliphatic heterocycles. The van der Waals surface area contributed by atoms with Crippen molar-refractivity contribution in [3.8, 4) is 0 Å². The molecule has 0 aliphatic carbocycles. The summed E-state index contributed by atoms with van der Waals surface area (Å²) in [7, 11) is 1.25. The molecule has 0 spiro atoms. The van der Waals surface area contributed by atoms with E-state index in [1.807, 2.05) is 6.92 Å². The molecule has 9 heavy (non-hydrogen) atoms. The third-order valence-electron chi connectivity index (χ3n) is 0.839. The van der Waals surface area contributed by atoms with Crippen molar-refractivity contribution in [3.63, 3.8) is 0 Å². The van der Waals surface area contributed by atoms with Gasteiger partial charge in [0.1, 0.15) is 0 Å². The molecule has 1 rings (SSSR count). The van der Waals surface area contributed by atoms with Gasteiger partial charge in [-0.2, -0.15) is 0 Å². The summed E-state index contributed by atoms with van der Waals surface area (Å²) >= 11 is 3.94. The number of aryl methyl sites for hydroxylation is 1. The van der Waals surface area contributed by atoms with Crippen molar-refractivity contribution in [1.82, 2.24) is 9.97 Å². The summed E-state index contributed by atoms with van der Waals surface area (Å²) in [4.78, 5) is 7.94. The number of thiol groups is 1. The largest absolute Gasteiger partial charge is 0.230 e. The molecule has 2 nitrogen and oxygen atoms in total. The molecule has 0 radical (unpaired) electrons. The molecule has 0 amide bonds. The fourth-order valence-corrected chi connectivity index (χ4v) is 0.910. The monoisotopic (exact) mass is 158 g/mol. The maximum absolute atomic E-state index is 3.97. The highest BCUT2D eigenvalue weighted by atomic mass is 33.1. The summed E-state index contributed by atoms with van der Waals surface area (Å²) in [6.45, 7) is 1.95. The van der Waals surface area contributed by atoms with Gasteiger partial charge in [0.25, 0.3) is 0 Å². The fourth-order valence-electron chi connectivity index (χ4n) is 0.428. The quantitative estimate of drug-likeness (QED) is 0.383. The van der Waals surface area contributed by atoms with Gasteiger partial charge in [-0.25, -0.2) is 9.97 Å². The molecule has 0 atom stereocenters. The van der Waals surface area contributed by atoms with E-state index in [0.29, 0.717) is 5.16 Å². The normalized spacial score (nSPS) is 9.56. The van der Waals surface area contributed by atoms with Crippen molar-refractivity contribution < 1.29 is 0 Å². The highest BCUT2D eigenvalue weighted by Crippen LogP contribution is 2.14. The van der Waals surface area contributed by atoms with E-state index in [0.717, 1.165) is 5.56 Å². The second-order valence-electron chi connectivity index (χ2n) is 1.63. The maximum Gasteiger partial charge on any atom is 0.198 e. The first kappa shape index (κ1) is 6.89. The minimum absolute atomic E-state index is 0.698. The number of rotatable bonds is 1. The third kappa shape index (κ3) is 1.87. The topological polar surface area (TPSA) is 25.8 Å². The standard InChI is InChI=1S/C5H6N2S2/c1-4-2-6-5(9-8)7-3-4/h2-3,8H,1H3. The van der Waals surface area contributed by atoms with Gasteiger partial charge in [0.05, 0.1) is 0 Å². The van der Waals surface area contributed by atoms with Gasteiger partial charge in [0.15, 0.2) is 5.16 Å². The SMILES string of the molecule is Cc1cnc(SS)nc1. The fraction of sp³-hybridized carbons (Fsp3) is 0.200. The van der Waals surface area contributed by atoms with E-state index in [1.165, 1.54) is 10.8 Å². The number of nitrogens with zero attached hydrogens (tertiary/aromatic N) is 2. The maximum atomic E-state index is 3.97. The van der Waals surface area contributed by atoms with Gasteiger partial charge in [0, 0.05) is 12.4 Å². The zero-order valence-electron chi connectivity index (χ0n) is 4.90. The summed E-state index contributed by atoms with van der Waals surface area (Å²) in [5.74, 6) is 0. The van der Waals surface area contributed by atoms with Crippen molar-refractivity contribution in [2.75, 3.05) is 0 Å². The van der Waals surface area contributed by atoms with Crippen molar-refractivity contribution in [3.05, 3.63) is 18.0 Å². The van der Waals surface area contributed by atoms with Crippen LogP contribution in [0.2, 0.25) is 0 Å². The first-order valence-electron chi connectivity index (χ1n) is 2.43. The predicted octanol–water partition coefficient (Wildman–Crippen LogP) is 1.72. The second kappa shape index (κ2) is 3.08. The van der Waals surface area contributed by atoms with E-state index in [9.17, 15) is 0 Å². The van der Waals surface area contributed by atoms with E-state index in [2.05, 4.69) is 21.6 Å². The lowest BCUT2D eigenvalue weighted by atomic mass is 10.4. The Balaban J connectivity index is 2.88. The Morgan fingerprint density at radius 1 is 1.44 bits per heavy atom. The number of hydrogen-bond acceptors (Lipinski definition) is 4. The molecule has 1 aromatic heterocycles. The molecule has 0 unspecified atom stereocenters. The van der Waals surface area contributed by atoms with Crippen LogP contribution in [0.3, 0.4) is 0 Å². The molecule has 0 aliphatic rings. The minimum atomic E-state index is 0.698. The van der Waals surface area contributed by atoms with E-state index in [4.69, 9.17) is 0 Å². The Morgan fingerprint density at radius 3 is 2.44 bits per heavy atom. The molecule has 0 saturated carbocycles. The molecule has 0 bridgehead atoms. The van der Waals surface area contributed by atoms with Gasteiger partial charge in [-0.3, -0.25) is 0 Å². The molecule has 0 fully saturated rings. The molecule has 4 heteroatoms. The lowest BCUT2D eigenvalue weighted by Gasteiger charge is -1.91. The lowest BCUT2D eigenvalue weighted by molar-refractivity contribution is 0.956. The van der Waals surface area contributed by atoms with Crippen molar-refractivity contribution in [2.45, 2.75) is 12.1 Å². The van der Waals surface area contributed by atoms with Crippen LogP contribution < -0.4 is 0 Å². The van der Waals surface area contributed by atoms with Gasteiger partial charge in [-0.1, -0.05) is 0 Å². The molecule has 0 saturated heterocycles. The summed E-state index contributed by atoms with van der Waals surface area (Å²) in [6, 6.07) is 0. The van der Waals surface area contributed by atoms with Gasteiger partial charge < -0.3 is 0 Å². The Kier molecular flexibility index (Phi) is 2.36. The Labute approximate surface area is 62.9 Å². The molecular formula is C5H6N2S2. The van der Waals surface area contributed by atoms with Gasteiger partial charge >= 0.3 is 0 Å². The van der Waals surface area contributed by atoms with E-state index in [-0.39, 0.29) is 0 Å². The Morgan fingerprint density at radius 2 is 2.00 bits per heavy atom. The minimum Gasteiger partial charge on any atom is -0.230 e. The zero-order valence-corrected chi connectivity index (χ0v) is 6.62. The van der Waals surface area contributed by atoms with Crippen molar-refractivity contribution in [1.29, 1.82) is 0 Å². The molecule has 1 aromatic rings. The summed E-state index contributed by atoms with van der Waals surface area (Å²) in [5, 5.41) is 0.698. The average molecular weight is 158 g/mol. The van der Waals surface area contributed by atoms with Gasteiger partial charge in [-0.05, 0) is 23.3 Å². The predicted molar refractivity (Wildman–Crippen MR) is 41.6 cm³/mol. The lowest BCUT2D eigenvalue weighted by Crippen LogP contribution is -1.82. The van der Waals surface area contributed by atoms with Crippen LogP contribution in [0, 0.1) is 6.92 Å². The summed E-state index contributed by atoms with van der Waals surface area (Å²) in [6.07, 6.45) is 3.54. The first-order valence-corrected chi connectivity index (χ1v) is 4.30. The van der Waals surface area contributed by atoms with Crippen LogP contribution in [0.5, 0.6) is 0 Å².